The third-order valence-corrected chi connectivity index (χ3v) is 3.31. The highest BCUT2D eigenvalue weighted by molar-refractivity contribution is 6.05. The summed E-state index contributed by atoms with van der Waals surface area (Å²) in [4.78, 5) is 12.1. The van der Waals surface area contributed by atoms with E-state index in [1.165, 1.54) is 0 Å². The number of ketones is 1. The van der Waals surface area contributed by atoms with Crippen molar-refractivity contribution in [1.29, 1.82) is 0 Å². The average molecular weight is 254 g/mol. The van der Waals surface area contributed by atoms with Gasteiger partial charge in [0.1, 0.15) is 11.5 Å². The summed E-state index contributed by atoms with van der Waals surface area (Å²) in [6, 6.07) is 11.5. The Morgan fingerprint density at radius 3 is 2.63 bits per heavy atom. The number of aryl methyl sites for hydroxylation is 1. The van der Waals surface area contributed by atoms with Crippen molar-refractivity contribution in [2.75, 3.05) is 13.7 Å². The monoisotopic (exact) mass is 254 g/mol. The molecule has 0 bridgehead atoms. The van der Waals surface area contributed by atoms with E-state index in [4.69, 9.17) is 9.47 Å². The Hall–Kier alpha value is -2.29. The van der Waals surface area contributed by atoms with Crippen LogP contribution in [0.3, 0.4) is 0 Å². The Balaban J connectivity index is 2.26. The first-order chi connectivity index (χ1) is 9.19. The SMILES string of the molecule is COc1ccc2c(c1)OCC(=O)c1ccc(C)cc1-2. The van der Waals surface area contributed by atoms with Gasteiger partial charge >= 0.3 is 0 Å². The van der Waals surface area contributed by atoms with E-state index >= 15 is 0 Å². The normalized spacial score (nSPS) is 13.1. The lowest BCUT2D eigenvalue weighted by Crippen LogP contribution is -2.09. The summed E-state index contributed by atoms with van der Waals surface area (Å²) in [5.41, 5.74) is 3.70. The van der Waals surface area contributed by atoms with Gasteiger partial charge in [-0.15, -0.1) is 0 Å². The molecule has 0 amide bonds. The molecule has 1 aliphatic heterocycles. The van der Waals surface area contributed by atoms with Crippen molar-refractivity contribution < 1.29 is 14.3 Å². The van der Waals surface area contributed by atoms with Crippen LogP contribution in [0.4, 0.5) is 0 Å². The number of carbonyl (C=O) groups excluding carboxylic acids is 1. The summed E-state index contributed by atoms with van der Waals surface area (Å²) in [6.07, 6.45) is 0. The second kappa shape index (κ2) is 4.43. The van der Waals surface area contributed by atoms with Crippen LogP contribution in [0.2, 0.25) is 0 Å². The first-order valence-electron chi connectivity index (χ1n) is 6.14. The number of methoxy groups -OCH3 is 1. The van der Waals surface area contributed by atoms with E-state index in [-0.39, 0.29) is 12.4 Å². The molecule has 0 spiro atoms. The number of hydrogen-bond acceptors (Lipinski definition) is 3. The zero-order valence-electron chi connectivity index (χ0n) is 10.9. The maximum atomic E-state index is 12.1. The minimum absolute atomic E-state index is 0.00478. The van der Waals surface area contributed by atoms with Crippen molar-refractivity contribution in [3.05, 3.63) is 47.5 Å². The third-order valence-electron chi connectivity index (χ3n) is 3.31. The Kier molecular flexibility index (Phi) is 2.75. The number of carbonyl (C=O) groups is 1. The van der Waals surface area contributed by atoms with E-state index in [0.29, 0.717) is 5.75 Å². The van der Waals surface area contributed by atoms with Crippen molar-refractivity contribution in [2.24, 2.45) is 0 Å². The molecule has 1 aliphatic rings. The topological polar surface area (TPSA) is 35.5 Å². The summed E-state index contributed by atoms with van der Waals surface area (Å²) < 4.78 is 10.8. The smallest absolute Gasteiger partial charge is 0.200 e. The number of rotatable bonds is 1. The van der Waals surface area contributed by atoms with Crippen LogP contribution in [-0.2, 0) is 0 Å². The van der Waals surface area contributed by atoms with Gasteiger partial charge in [-0.3, -0.25) is 4.79 Å². The van der Waals surface area contributed by atoms with Gasteiger partial charge in [0.15, 0.2) is 6.61 Å². The van der Waals surface area contributed by atoms with Crippen LogP contribution in [0.1, 0.15) is 15.9 Å². The molecule has 2 aromatic carbocycles. The van der Waals surface area contributed by atoms with Crippen molar-refractivity contribution in [3.8, 4) is 22.6 Å². The first-order valence-corrected chi connectivity index (χ1v) is 6.14. The van der Waals surface area contributed by atoms with Gasteiger partial charge in [-0.2, -0.15) is 0 Å². The average Bonchev–Trinajstić information content (AvgIpc) is 2.56. The molecule has 0 unspecified atom stereocenters. The van der Waals surface area contributed by atoms with Crippen LogP contribution >= 0.6 is 0 Å². The van der Waals surface area contributed by atoms with E-state index < -0.39 is 0 Å². The molecule has 3 heteroatoms. The Labute approximate surface area is 111 Å². The Morgan fingerprint density at radius 1 is 1.05 bits per heavy atom. The number of fused-ring (bicyclic) bond motifs is 3. The van der Waals surface area contributed by atoms with Gasteiger partial charge in [0.2, 0.25) is 5.78 Å². The number of Topliss-reactive ketones (excluding diaryl/α,β-unsaturated/α-hetero) is 1. The predicted molar refractivity (Wildman–Crippen MR) is 73.0 cm³/mol. The molecule has 3 rings (SSSR count). The lowest BCUT2D eigenvalue weighted by molar-refractivity contribution is 0.0925. The zero-order chi connectivity index (χ0) is 13.4. The van der Waals surface area contributed by atoms with Crippen LogP contribution in [0.25, 0.3) is 11.1 Å². The molecule has 0 radical (unpaired) electrons. The first kappa shape index (κ1) is 11.8. The zero-order valence-corrected chi connectivity index (χ0v) is 10.9. The molecule has 1 heterocycles. The van der Waals surface area contributed by atoms with Gasteiger partial charge < -0.3 is 9.47 Å². The van der Waals surface area contributed by atoms with Gasteiger partial charge in [0, 0.05) is 17.2 Å². The standard InChI is InChI=1S/C16H14O3/c1-10-3-5-12-14(7-10)13-6-4-11(18-2)8-16(13)19-9-15(12)17/h3-8H,9H2,1-2H3. The molecule has 19 heavy (non-hydrogen) atoms. The predicted octanol–water partition coefficient (Wildman–Crippen LogP) is 3.25. The van der Waals surface area contributed by atoms with Crippen LogP contribution in [0.15, 0.2) is 36.4 Å². The lowest BCUT2D eigenvalue weighted by Gasteiger charge is -2.10. The number of ether oxygens (including phenoxy) is 2. The van der Waals surface area contributed by atoms with Crippen LogP contribution in [0, 0.1) is 6.92 Å². The molecule has 0 saturated carbocycles. The molecule has 96 valence electrons. The van der Waals surface area contributed by atoms with E-state index in [1.54, 1.807) is 7.11 Å². The Bertz CT molecular complexity index is 659. The molecule has 0 atom stereocenters. The molecule has 0 aromatic heterocycles. The minimum atomic E-state index is 0.00478. The van der Waals surface area contributed by atoms with E-state index in [0.717, 1.165) is 28.0 Å². The summed E-state index contributed by atoms with van der Waals surface area (Å²) in [5.74, 6) is 1.42. The maximum absolute atomic E-state index is 12.1. The fourth-order valence-electron chi connectivity index (χ4n) is 2.32. The summed E-state index contributed by atoms with van der Waals surface area (Å²) in [5, 5.41) is 0. The molecule has 0 aliphatic carbocycles. The quantitative estimate of drug-likeness (QED) is 0.783. The second-order valence-corrected chi connectivity index (χ2v) is 4.62. The molecule has 0 saturated heterocycles. The Morgan fingerprint density at radius 2 is 1.84 bits per heavy atom. The van der Waals surface area contributed by atoms with E-state index in [9.17, 15) is 4.79 Å². The summed E-state index contributed by atoms with van der Waals surface area (Å²) in [7, 11) is 1.61. The fraction of sp³-hybridized carbons (Fsp3) is 0.188. The summed E-state index contributed by atoms with van der Waals surface area (Å²) >= 11 is 0. The van der Waals surface area contributed by atoms with E-state index in [1.807, 2.05) is 43.3 Å². The van der Waals surface area contributed by atoms with Crippen LogP contribution < -0.4 is 9.47 Å². The highest BCUT2D eigenvalue weighted by Gasteiger charge is 2.21. The maximum Gasteiger partial charge on any atom is 0.200 e. The van der Waals surface area contributed by atoms with Gasteiger partial charge in [0.25, 0.3) is 0 Å². The number of hydrogen-bond donors (Lipinski definition) is 0. The summed E-state index contributed by atoms with van der Waals surface area (Å²) in [6.45, 7) is 2.08. The van der Waals surface area contributed by atoms with Gasteiger partial charge in [-0.05, 0) is 24.6 Å². The highest BCUT2D eigenvalue weighted by Crippen LogP contribution is 2.37. The lowest BCUT2D eigenvalue weighted by atomic mass is 9.95. The molecule has 0 fully saturated rings. The molecule has 3 nitrogen and oxygen atoms in total. The van der Waals surface area contributed by atoms with Crippen molar-refractivity contribution in [1.82, 2.24) is 0 Å². The van der Waals surface area contributed by atoms with Crippen LogP contribution in [0.5, 0.6) is 11.5 Å². The van der Waals surface area contributed by atoms with Crippen molar-refractivity contribution in [2.45, 2.75) is 6.92 Å². The molecular formula is C16H14O3. The van der Waals surface area contributed by atoms with Crippen LogP contribution in [-0.4, -0.2) is 19.5 Å². The third kappa shape index (κ3) is 1.97. The number of benzene rings is 2. The second-order valence-electron chi connectivity index (χ2n) is 4.62. The molecule has 2 aromatic rings. The minimum Gasteiger partial charge on any atom is -0.497 e. The van der Waals surface area contributed by atoms with Crippen molar-refractivity contribution in [3.63, 3.8) is 0 Å². The van der Waals surface area contributed by atoms with Crippen molar-refractivity contribution >= 4 is 5.78 Å². The van der Waals surface area contributed by atoms with Gasteiger partial charge in [-0.25, -0.2) is 0 Å². The van der Waals surface area contributed by atoms with Gasteiger partial charge in [-0.1, -0.05) is 23.8 Å². The fourth-order valence-corrected chi connectivity index (χ4v) is 2.32. The van der Waals surface area contributed by atoms with Gasteiger partial charge in [0.05, 0.1) is 7.11 Å². The highest BCUT2D eigenvalue weighted by atomic mass is 16.5. The molecular weight excluding hydrogens is 240 g/mol. The van der Waals surface area contributed by atoms with E-state index in [2.05, 4.69) is 0 Å². The molecule has 0 N–H and O–H groups in total. The largest absolute Gasteiger partial charge is 0.497 e.